The van der Waals surface area contributed by atoms with E-state index in [1.165, 1.54) is 0 Å². The van der Waals surface area contributed by atoms with E-state index in [4.69, 9.17) is 4.52 Å². The van der Waals surface area contributed by atoms with Crippen molar-refractivity contribution in [1.82, 2.24) is 5.16 Å². The fraction of sp³-hybridized carbons (Fsp3) is 0.500. The molecule has 0 aromatic carbocycles. The Morgan fingerprint density at radius 1 is 1.55 bits per heavy atom. The summed E-state index contributed by atoms with van der Waals surface area (Å²) in [5, 5.41) is 3.74. The molecule has 0 aliphatic carbocycles. The molecule has 0 saturated carbocycles. The average Bonchev–Trinajstić information content (AvgIpc) is 2.18. The Kier molecular flexibility index (Phi) is 2.08. The maximum Gasteiger partial charge on any atom is 0.137 e. The number of carbonyl (C=O) groups is 1. The van der Waals surface area contributed by atoms with Crippen LogP contribution in [0.25, 0.3) is 0 Å². The Morgan fingerprint density at radius 3 is 2.55 bits per heavy atom. The van der Waals surface area contributed by atoms with Gasteiger partial charge in [0.2, 0.25) is 0 Å². The highest BCUT2D eigenvalue weighted by Crippen LogP contribution is 2.12. The number of hydrogen-bond acceptors (Lipinski definition) is 3. The molecule has 0 bridgehead atoms. The van der Waals surface area contributed by atoms with Crippen LogP contribution >= 0.6 is 0 Å². The van der Waals surface area contributed by atoms with E-state index in [1.807, 2.05) is 13.8 Å². The summed E-state index contributed by atoms with van der Waals surface area (Å²) < 4.78 is 4.89. The molecule has 0 N–H and O–H groups in total. The van der Waals surface area contributed by atoms with E-state index in [1.54, 1.807) is 6.92 Å². The van der Waals surface area contributed by atoms with Crippen LogP contribution in [0.5, 0.6) is 0 Å². The van der Waals surface area contributed by atoms with Gasteiger partial charge < -0.3 is 4.52 Å². The van der Waals surface area contributed by atoms with E-state index in [2.05, 4.69) is 5.16 Å². The van der Waals surface area contributed by atoms with E-state index < -0.39 is 0 Å². The standard InChI is InChI=1S/C8H11NO2/c1-5(10)4-8-6(2)9-11-7(8)3/h4H2,1-3H3. The Morgan fingerprint density at radius 2 is 2.18 bits per heavy atom. The van der Waals surface area contributed by atoms with E-state index in [0.29, 0.717) is 6.42 Å². The first-order valence-electron chi connectivity index (χ1n) is 3.52. The van der Waals surface area contributed by atoms with Gasteiger partial charge in [-0.1, -0.05) is 5.16 Å². The molecule has 3 heteroatoms. The second kappa shape index (κ2) is 2.86. The van der Waals surface area contributed by atoms with Crippen LogP contribution in [-0.2, 0) is 11.2 Å². The monoisotopic (exact) mass is 153 g/mol. The molecule has 1 heterocycles. The molecule has 0 atom stereocenters. The van der Waals surface area contributed by atoms with Crippen molar-refractivity contribution in [3.63, 3.8) is 0 Å². The minimum atomic E-state index is 0.138. The molecule has 0 radical (unpaired) electrons. The first-order chi connectivity index (χ1) is 5.11. The predicted molar refractivity (Wildman–Crippen MR) is 40.4 cm³/mol. The maximum atomic E-state index is 10.7. The van der Waals surface area contributed by atoms with Crippen LogP contribution in [0, 0.1) is 13.8 Å². The van der Waals surface area contributed by atoms with Gasteiger partial charge in [0.25, 0.3) is 0 Å². The molecular formula is C8H11NO2. The second-order valence-electron chi connectivity index (χ2n) is 2.68. The average molecular weight is 153 g/mol. The normalized spacial score (nSPS) is 10.1. The number of hydrogen-bond donors (Lipinski definition) is 0. The van der Waals surface area contributed by atoms with Crippen molar-refractivity contribution in [2.45, 2.75) is 27.2 Å². The van der Waals surface area contributed by atoms with Crippen molar-refractivity contribution in [3.8, 4) is 0 Å². The van der Waals surface area contributed by atoms with Gasteiger partial charge in [-0.05, 0) is 20.8 Å². The first kappa shape index (κ1) is 7.98. The third-order valence-corrected chi connectivity index (χ3v) is 1.61. The fourth-order valence-electron chi connectivity index (χ4n) is 1.00. The highest BCUT2D eigenvalue weighted by Gasteiger charge is 2.09. The number of carbonyl (C=O) groups excluding carboxylic acids is 1. The molecule has 0 aliphatic heterocycles. The van der Waals surface area contributed by atoms with Crippen molar-refractivity contribution < 1.29 is 9.32 Å². The predicted octanol–water partition coefficient (Wildman–Crippen LogP) is 1.42. The quantitative estimate of drug-likeness (QED) is 0.645. The van der Waals surface area contributed by atoms with Crippen molar-refractivity contribution in [2.75, 3.05) is 0 Å². The molecule has 0 aliphatic rings. The lowest BCUT2D eigenvalue weighted by atomic mass is 10.1. The minimum absolute atomic E-state index is 0.138. The third-order valence-electron chi connectivity index (χ3n) is 1.61. The molecule has 0 amide bonds. The molecule has 0 saturated heterocycles. The Bertz CT molecular complexity index is 256. The van der Waals surface area contributed by atoms with Crippen LogP contribution < -0.4 is 0 Å². The summed E-state index contributed by atoms with van der Waals surface area (Å²) in [4.78, 5) is 10.7. The van der Waals surface area contributed by atoms with Gasteiger partial charge in [-0.15, -0.1) is 0 Å². The zero-order valence-electron chi connectivity index (χ0n) is 6.97. The summed E-state index contributed by atoms with van der Waals surface area (Å²) in [5.41, 5.74) is 1.75. The van der Waals surface area contributed by atoms with Gasteiger partial charge in [0.05, 0.1) is 5.69 Å². The van der Waals surface area contributed by atoms with Crippen LogP contribution in [0.1, 0.15) is 23.9 Å². The topological polar surface area (TPSA) is 43.1 Å². The van der Waals surface area contributed by atoms with Crippen LogP contribution in [0.3, 0.4) is 0 Å². The van der Waals surface area contributed by atoms with Gasteiger partial charge in [-0.2, -0.15) is 0 Å². The summed E-state index contributed by atoms with van der Waals surface area (Å²) in [7, 11) is 0. The van der Waals surface area contributed by atoms with E-state index in [0.717, 1.165) is 17.0 Å². The summed E-state index contributed by atoms with van der Waals surface area (Å²) in [6.07, 6.45) is 0.432. The van der Waals surface area contributed by atoms with Crippen molar-refractivity contribution >= 4 is 5.78 Å². The van der Waals surface area contributed by atoms with Gasteiger partial charge in [0.1, 0.15) is 11.5 Å². The highest BCUT2D eigenvalue weighted by molar-refractivity contribution is 5.78. The van der Waals surface area contributed by atoms with Gasteiger partial charge in [0.15, 0.2) is 0 Å². The van der Waals surface area contributed by atoms with Gasteiger partial charge in [-0.25, -0.2) is 0 Å². The number of rotatable bonds is 2. The molecule has 0 unspecified atom stereocenters. The first-order valence-corrected chi connectivity index (χ1v) is 3.52. The van der Waals surface area contributed by atoms with Gasteiger partial charge in [0, 0.05) is 12.0 Å². The number of Topliss-reactive ketones (excluding diaryl/α,β-unsaturated/α-hetero) is 1. The summed E-state index contributed by atoms with van der Waals surface area (Å²) >= 11 is 0. The SMILES string of the molecule is CC(=O)Cc1c(C)noc1C. The number of ketones is 1. The zero-order chi connectivity index (χ0) is 8.43. The summed E-state index contributed by atoms with van der Waals surface area (Å²) in [5.74, 6) is 0.886. The second-order valence-corrected chi connectivity index (χ2v) is 2.68. The van der Waals surface area contributed by atoms with Crippen molar-refractivity contribution in [3.05, 3.63) is 17.0 Å². The molecule has 3 nitrogen and oxygen atoms in total. The highest BCUT2D eigenvalue weighted by atomic mass is 16.5. The largest absolute Gasteiger partial charge is 0.361 e. The van der Waals surface area contributed by atoms with E-state index in [9.17, 15) is 4.79 Å². The molecular weight excluding hydrogens is 142 g/mol. The maximum absolute atomic E-state index is 10.7. The van der Waals surface area contributed by atoms with Crippen LogP contribution in [-0.4, -0.2) is 10.9 Å². The van der Waals surface area contributed by atoms with Crippen molar-refractivity contribution in [1.29, 1.82) is 0 Å². The number of aromatic nitrogens is 1. The minimum Gasteiger partial charge on any atom is -0.361 e. The Balaban J connectivity index is 2.92. The molecule has 0 fully saturated rings. The molecule has 1 rings (SSSR count). The number of nitrogens with zero attached hydrogens (tertiary/aromatic N) is 1. The number of aryl methyl sites for hydroxylation is 2. The van der Waals surface area contributed by atoms with E-state index >= 15 is 0 Å². The lowest BCUT2D eigenvalue weighted by Gasteiger charge is -1.92. The van der Waals surface area contributed by atoms with Gasteiger partial charge >= 0.3 is 0 Å². The van der Waals surface area contributed by atoms with Crippen LogP contribution in [0.15, 0.2) is 4.52 Å². The van der Waals surface area contributed by atoms with Crippen LogP contribution in [0.2, 0.25) is 0 Å². The summed E-state index contributed by atoms with van der Waals surface area (Å²) in [6, 6.07) is 0. The molecule has 0 spiro atoms. The lowest BCUT2D eigenvalue weighted by Crippen LogP contribution is -1.98. The van der Waals surface area contributed by atoms with E-state index in [-0.39, 0.29) is 5.78 Å². The Hall–Kier alpha value is -1.12. The third kappa shape index (κ3) is 1.67. The summed E-state index contributed by atoms with van der Waals surface area (Å²) in [6.45, 7) is 5.22. The lowest BCUT2D eigenvalue weighted by molar-refractivity contribution is -0.116. The van der Waals surface area contributed by atoms with Gasteiger partial charge in [-0.3, -0.25) is 4.79 Å². The molecule has 60 valence electrons. The fourth-order valence-corrected chi connectivity index (χ4v) is 1.00. The van der Waals surface area contributed by atoms with Crippen molar-refractivity contribution in [2.24, 2.45) is 0 Å². The Labute approximate surface area is 65.4 Å². The molecule has 1 aromatic heterocycles. The van der Waals surface area contributed by atoms with Crippen LogP contribution in [0.4, 0.5) is 0 Å². The smallest absolute Gasteiger partial charge is 0.137 e. The molecule has 1 aromatic rings. The zero-order valence-corrected chi connectivity index (χ0v) is 6.97. The molecule has 11 heavy (non-hydrogen) atoms.